The summed E-state index contributed by atoms with van der Waals surface area (Å²) in [6.45, 7) is 0.793. The predicted molar refractivity (Wildman–Crippen MR) is 91.0 cm³/mol. The monoisotopic (exact) mass is 363 g/mol. The van der Waals surface area contributed by atoms with Crippen LogP contribution in [0.3, 0.4) is 0 Å². The first-order valence-electron chi connectivity index (χ1n) is 6.66. The predicted octanol–water partition coefficient (Wildman–Crippen LogP) is 4.47. The molecule has 0 aliphatic rings. The van der Waals surface area contributed by atoms with E-state index in [9.17, 15) is 0 Å². The van der Waals surface area contributed by atoms with Gasteiger partial charge in [0.1, 0.15) is 5.65 Å². The Morgan fingerprint density at radius 1 is 1.19 bits per heavy atom. The van der Waals surface area contributed by atoms with Gasteiger partial charge in [0.25, 0.3) is 0 Å². The van der Waals surface area contributed by atoms with E-state index in [-0.39, 0.29) is 0 Å². The quantitative estimate of drug-likeness (QED) is 0.637. The fraction of sp³-hybridized carbons (Fsp3) is 0.188. The Hall–Kier alpha value is -1.52. The van der Waals surface area contributed by atoms with Crippen LogP contribution in [0.5, 0.6) is 0 Å². The van der Waals surface area contributed by atoms with Crippen LogP contribution in [0.4, 0.5) is 5.82 Å². The first kappa shape index (κ1) is 14.4. The minimum atomic E-state index is 0.436. The summed E-state index contributed by atoms with van der Waals surface area (Å²) < 4.78 is 3.13. The van der Waals surface area contributed by atoms with Gasteiger partial charge in [-0.2, -0.15) is 0 Å². The number of aromatic nitrogens is 2. The number of hydrogen-bond donors (Lipinski definition) is 0. The van der Waals surface area contributed by atoms with Gasteiger partial charge in [-0.15, -0.1) is 11.6 Å². The van der Waals surface area contributed by atoms with Gasteiger partial charge in [-0.1, -0.05) is 34.1 Å². The lowest BCUT2D eigenvalue weighted by molar-refractivity contribution is 0.894. The molecule has 0 bridgehead atoms. The summed E-state index contributed by atoms with van der Waals surface area (Å²) in [4.78, 5) is 6.83. The lowest BCUT2D eigenvalue weighted by Crippen LogP contribution is -2.18. The molecule has 0 atom stereocenters. The molecular formula is C16H15BrClN3. The second-order valence-corrected chi connectivity index (χ2v) is 6.11. The van der Waals surface area contributed by atoms with Gasteiger partial charge in [0, 0.05) is 24.3 Å². The Morgan fingerprint density at radius 2 is 1.95 bits per heavy atom. The van der Waals surface area contributed by atoms with Crippen molar-refractivity contribution in [3.8, 4) is 0 Å². The Balaban J connectivity index is 1.93. The molecule has 0 saturated heterocycles. The average Bonchev–Trinajstić information content (AvgIpc) is 2.88. The highest BCUT2D eigenvalue weighted by molar-refractivity contribution is 9.10. The normalized spacial score (nSPS) is 11.0. The van der Waals surface area contributed by atoms with Crippen LogP contribution in [0.2, 0.25) is 0 Å². The Bertz CT molecular complexity index is 752. The molecule has 2 aromatic heterocycles. The van der Waals surface area contributed by atoms with Gasteiger partial charge in [0.2, 0.25) is 0 Å². The number of pyridine rings is 1. The molecule has 21 heavy (non-hydrogen) atoms. The highest BCUT2D eigenvalue weighted by Gasteiger charge is 2.14. The van der Waals surface area contributed by atoms with Crippen LogP contribution < -0.4 is 4.90 Å². The van der Waals surface area contributed by atoms with E-state index < -0.39 is 0 Å². The number of rotatable bonds is 4. The van der Waals surface area contributed by atoms with Crippen LogP contribution in [0.25, 0.3) is 5.65 Å². The average molecular weight is 365 g/mol. The number of anilines is 1. The van der Waals surface area contributed by atoms with E-state index in [2.05, 4.69) is 45.1 Å². The maximum Gasteiger partial charge on any atom is 0.152 e. The Kier molecular flexibility index (Phi) is 4.17. The highest BCUT2D eigenvalue weighted by atomic mass is 79.9. The van der Waals surface area contributed by atoms with Gasteiger partial charge >= 0.3 is 0 Å². The molecule has 0 aliphatic carbocycles. The molecule has 0 radical (unpaired) electrons. The molecular weight excluding hydrogens is 350 g/mol. The first-order chi connectivity index (χ1) is 10.2. The smallest absolute Gasteiger partial charge is 0.152 e. The molecule has 0 fully saturated rings. The van der Waals surface area contributed by atoms with Crippen molar-refractivity contribution < 1.29 is 0 Å². The third kappa shape index (κ3) is 2.92. The summed E-state index contributed by atoms with van der Waals surface area (Å²) >= 11 is 9.58. The molecule has 1 aromatic carbocycles. The maximum absolute atomic E-state index is 6.13. The van der Waals surface area contributed by atoms with E-state index in [4.69, 9.17) is 16.6 Å². The first-order valence-corrected chi connectivity index (χ1v) is 7.99. The van der Waals surface area contributed by atoms with Crippen molar-refractivity contribution in [1.29, 1.82) is 0 Å². The number of alkyl halides is 1. The lowest BCUT2D eigenvalue weighted by Gasteiger charge is -2.18. The van der Waals surface area contributed by atoms with Gasteiger partial charge in [-0.05, 0) is 29.8 Å². The molecule has 3 nitrogen and oxygen atoms in total. The van der Waals surface area contributed by atoms with Gasteiger partial charge < -0.3 is 9.30 Å². The van der Waals surface area contributed by atoms with Crippen molar-refractivity contribution in [2.24, 2.45) is 0 Å². The zero-order valence-corrected chi connectivity index (χ0v) is 14.0. The zero-order chi connectivity index (χ0) is 14.8. The molecule has 0 N–H and O–H groups in total. The second-order valence-electron chi connectivity index (χ2n) is 4.93. The molecule has 0 unspecified atom stereocenters. The minimum Gasteiger partial charge on any atom is -0.354 e. The van der Waals surface area contributed by atoms with Crippen LogP contribution >= 0.6 is 27.5 Å². The summed E-state index contributed by atoms with van der Waals surface area (Å²) in [7, 11) is 2.04. The summed E-state index contributed by atoms with van der Waals surface area (Å²) in [5, 5.41) is 0. The Morgan fingerprint density at radius 3 is 2.67 bits per heavy atom. The number of nitrogens with zero attached hydrogens (tertiary/aromatic N) is 3. The molecule has 108 valence electrons. The SMILES string of the molecule is CN(Cc1ccc(Br)cc1)c1nc2ccccn2c1CCl. The molecule has 5 heteroatoms. The largest absolute Gasteiger partial charge is 0.354 e. The van der Waals surface area contributed by atoms with Crippen LogP contribution in [0, 0.1) is 0 Å². The summed E-state index contributed by atoms with van der Waals surface area (Å²) in [6.07, 6.45) is 2.00. The molecule has 3 rings (SSSR count). The molecule has 0 spiro atoms. The van der Waals surface area contributed by atoms with E-state index in [1.165, 1.54) is 5.56 Å². The van der Waals surface area contributed by atoms with Crippen molar-refractivity contribution in [1.82, 2.24) is 9.38 Å². The minimum absolute atomic E-state index is 0.436. The van der Waals surface area contributed by atoms with E-state index in [1.54, 1.807) is 0 Å². The van der Waals surface area contributed by atoms with Crippen molar-refractivity contribution in [3.63, 3.8) is 0 Å². The van der Waals surface area contributed by atoms with Crippen molar-refractivity contribution >= 4 is 39.0 Å². The van der Waals surface area contributed by atoms with Gasteiger partial charge in [-0.25, -0.2) is 4.98 Å². The third-order valence-corrected chi connectivity index (χ3v) is 4.21. The zero-order valence-electron chi connectivity index (χ0n) is 11.6. The number of imidazole rings is 1. The van der Waals surface area contributed by atoms with Gasteiger partial charge in [-0.3, -0.25) is 0 Å². The molecule has 0 amide bonds. The van der Waals surface area contributed by atoms with Crippen molar-refractivity contribution in [2.75, 3.05) is 11.9 Å². The van der Waals surface area contributed by atoms with E-state index in [1.807, 2.05) is 35.8 Å². The fourth-order valence-corrected chi connectivity index (χ4v) is 2.92. The number of hydrogen-bond acceptors (Lipinski definition) is 2. The summed E-state index contributed by atoms with van der Waals surface area (Å²) in [5.41, 5.74) is 3.18. The van der Waals surface area contributed by atoms with E-state index >= 15 is 0 Å². The number of fused-ring (bicyclic) bond motifs is 1. The lowest BCUT2D eigenvalue weighted by atomic mass is 10.2. The fourth-order valence-electron chi connectivity index (χ4n) is 2.40. The summed E-state index contributed by atoms with van der Waals surface area (Å²) in [6, 6.07) is 14.3. The van der Waals surface area contributed by atoms with Gasteiger partial charge in [0.15, 0.2) is 5.82 Å². The van der Waals surface area contributed by atoms with Crippen LogP contribution in [0.15, 0.2) is 53.1 Å². The van der Waals surface area contributed by atoms with Gasteiger partial charge in [0.05, 0.1) is 11.6 Å². The van der Waals surface area contributed by atoms with Crippen LogP contribution in [-0.2, 0) is 12.4 Å². The van der Waals surface area contributed by atoms with Crippen molar-refractivity contribution in [2.45, 2.75) is 12.4 Å². The summed E-state index contributed by atoms with van der Waals surface area (Å²) in [5.74, 6) is 1.37. The van der Waals surface area contributed by atoms with Crippen molar-refractivity contribution in [3.05, 3.63) is 64.4 Å². The maximum atomic E-state index is 6.13. The number of halogens is 2. The Labute approximate surface area is 137 Å². The highest BCUT2D eigenvalue weighted by Crippen LogP contribution is 2.24. The molecule has 0 saturated carbocycles. The van der Waals surface area contributed by atoms with E-state index in [0.29, 0.717) is 5.88 Å². The third-order valence-electron chi connectivity index (χ3n) is 3.43. The van der Waals surface area contributed by atoms with E-state index in [0.717, 1.165) is 28.2 Å². The molecule has 2 heterocycles. The molecule has 0 aliphatic heterocycles. The topological polar surface area (TPSA) is 20.5 Å². The number of benzene rings is 1. The second kappa shape index (κ2) is 6.08. The standard InChI is InChI=1S/C16H15BrClN3/c1-20(11-12-5-7-13(17)8-6-12)16-14(10-18)21-9-3-2-4-15(21)19-16/h2-9H,10-11H2,1H3. The van der Waals surface area contributed by atoms with Crippen LogP contribution in [-0.4, -0.2) is 16.4 Å². The van der Waals surface area contributed by atoms with Crippen LogP contribution in [0.1, 0.15) is 11.3 Å². The molecule has 3 aromatic rings.